The summed E-state index contributed by atoms with van der Waals surface area (Å²) in [5, 5.41) is 4.26. The van der Waals surface area contributed by atoms with Gasteiger partial charge in [0.25, 0.3) is 5.56 Å². The minimum Gasteiger partial charge on any atom is -0.492 e. The van der Waals surface area contributed by atoms with Gasteiger partial charge in [0, 0.05) is 68.7 Å². The Kier molecular flexibility index (Phi) is 6.30. The third-order valence-electron chi connectivity index (χ3n) is 5.59. The number of aromatic nitrogens is 2. The van der Waals surface area contributed by atoms with Crippen molar-refractivity contribution in [2.75, 3.05) is 51.7 Å². The number of nitrogens with one attached hydrogen (secondary N) is 1. The fraction of sp³-hybridized carbons (Fsp3) is 0.391. The van der Waals surface area contributed by atoms with E-state index in [1.54, 1.807) is 16.8 Å². The van der Waals surface area contributed by atoms with E-state index < -0.39 is 0 Å². The van der Waals surface area contributed by atoms with E-state index in [-0.39, 0.29) is 5.56 Å². The molecule has 158 valence electrons. The van der Waals surface area contributed by atoms with Crippen LogP contribution in [-0.2, 0) is 6.54 Å². The molecule has 0 unspecified atom stereocenters. The van der Waals surface area contributed by atoms with Crippen molar-refractivity contribution in [3.8, 4) is 5.75 Å². The molecule has 30 heavy (non-hydrogen) atoms. The van der Waals surface area contributed by atoms with Crippen molar-refractivity contribution in [3.63, 3.8) is 0 Å². The van der Waals surface area contributed by atoms with Crippen LogP contribution in [0.25, 0.3) is 10.9 Å². The van der Waals surface area contributed by atoms with Crippen LogP contribution < -0.4 is 15.6 Å². The molecule has 1 aliphatic heterocycles. The van der Waals surface area contributed by atoms with E-state index in [0.29, 0.717) is 19.0 Å². The number of nitrogens with zero attached hydrogens (tertiary/aromatic N) is 4. The summed E-state index contributed by atoms with van der Waals surface area (Å²) in [7, 11) is 2.17. The lowest BCUT2D eigenvalue weighted by Gasteiger charge is -2.32. The molecule has 2 aromatic heterocycles. The number of likely N-dealkylation sites (N-methyl/N-ethyl adjacent to an activating group) is 1. The van der Waals surface area contributed by atoms with E-state index in [9.17, 15) is 4.79 Å². The summed E-state index contributed by atoms with van der Waals surface area (Å²) >= 11 is 0. The SMILES string of the molecule is CCn1c(=O)ccc2cnc(Nc3ccc(OCCN4CCN(C)CC4)cc3)cc21. The van der Waals surface area contributed by atoms with E-state index in [1.165, 1.54) is 0 Å². The number of hydrogen-bond acceptors (Lipinski definition) is 6. The fourth-order valence-electron chi connectivity index (χ4n) is 3.73. The molecule has 1 fully saturated rings. The van der Waals surface area contributed by atoms with Crippen LogP contribution in [0.3, 0.4) is 0 Å². The van der Waals surface area contributed by atoms with Gasteiger partial charge in [0.05, 0.1) is 5.52 Å². The topological polar surface area (TPSA) is 62.6 Å². The molecule has 0 atom stereocenters. The highest BCUT2D eigenvalue weighted by Crippen LogP contribution is 2.21. The average molecular weight is 408 g/mol. The Bertz CT molecular complexity index is 1040. The largest absolute Gasteiger partial charge is 0.492 e. The highest BCUT2D eigenvalue weighted by atomic mass is 16.5. The monoisotopic (exact) mass is 407 g/mol. The molecule has 4 rings (SSSR count). The number of fused-ring (bicyclic) bond motifs is 1. The quantitative estimate of drug-likeness (QED) is 0.650. The molecule has 0 saturated carbocycles. The van der Waals surface area contributed by atoms with Gasteiger partial charge in [-0.2, -0.15) is 0 Å². The molecule has 3 heterocycles. The Hall–Kier alpha value is -2.90. The molecular formula is C23H29N5O2. The lowest BCUT2D eigenvalue weighted by molar-refractivity contribution is 0.134. The van der Waals surface area contributed by atoms with Gasteiger partial charge in [0.15, 0.2) is 0 Å². The molecule has 1 N–H and O–H groups in total. The van der Waals surface area contributed by atoms with Gasteiger partial charge in [-0.15, -0.1) is 0 Å². The molecule has 1 aliphatic rings. The summed E-state index contributed by atoms with van der Waals surface area (Å²) in [5.74, 6) is 1.57. The molecule has 0 spiro atoms. The summed E-state index contributed by atoms with van der Waals surface area (Å²) in [6, 6.07) is 13.2. The first-order valence-electron chi connectivity index (χ1n) is 10.5. The van der Waals surface area contributed by atoms with Crippen LogP contribution in [0.2, 0.25) is 0 Å². The van der Waals surface area contributed by atoms with Gasteiger partial charge >= 0.3 is 0 Å². The smallest absolute Gasteiger partial charge is 0.251 e. The van der Waals surface area contributed by atoms with Crippen molar-refractivity contribution in [1.82, 2.24) is 19.4 Å². The molecule has 7 nitrogen and oxygen atoms in total. The number of anilines is 2. The standard InChI is InChI=1S/C23H29N5O2/c1-3-28-21-16-22(24-17-18(21)4-9-23(28)29)25-19-5-7-20(8-6-19)30-15-14-27-12-10-26(2)11-13-27/h4-9,16-17H,3,10-15H2,1-2H3,(H,24,25). The fourth-order valence-corrected chi connectivity index (χ4v) is 3.73. The zero-order chi connectivity index (χ0) is 20.9. The van der Waals surface area contributed by atoms with Crippen molar-refractivity contribution in [2.24, 2.45) is 0 Å². The third kappa shape index (κ3) is 4.80. The lowest BCUT2D eigenvalue weighted by atomic mass is 10.2. The number of rotatable bonds is 7. The molecular weight excluding hydrogens is 378 g/mol. The van der Waals surface area contributed by atoms with E-state index in [4.69, 9.17) is 4.74 Å². The van der Waals surface area contributed by atoms with Crippen LogP contribution in [0, 0.1) is 0 Å². The average Bonchev–Trinajstić information content (AvgIpc) is 2.76. The molecule has 0 radical (unpaired) electrons. The second kappa shape index (κ2) is 9.28. The van der Waals surface area contributed by atoms with Crippen molar-refractivity contribution in [2.45, 2.75) is 13.5 Å². The number of hydrogen-bond donors (Lipinski definition) is 1. The minimum atomic E-state index is 0.000209. The van der Waals surface area contributed by atoms with Crippen LogP contribution in [0.15, 0.2) is 53.5 Å². The summed E-state index contributed by atoms with van der Waals surface area (Å²) in [6.45, 7) is 8.69. The Balaban J connectivity index is 1.36. The number of benzene rings is 1. The second-order valence-electron chi connectivity index (χ2n) is 7.69. The van der Waals surface area contributed by atoms with Crippen LogP contribution in [0.1, 0.15) is 6.92 Å². The van der Waals surface area contributed by atoms with Gasteiger partial charge in [0.2, 0.25) is 0 Å². The van der Waals surface area contributed by atoms with Crippen molar-refractivity contribution >= 4 is 22.4 Å². The van der Waals surface area contributed by atoms with E-state index in [2.05, 4.69) is 27.1 Å². The number of pyridine rings is 2. The normalized spacial score (nSPS) is 15.4. The molecule has 0 amide bonds. The van der Waals surface area contributed by atoms with Crippen LogP contribution >= 0.6 is 0 Å². The zero-order valence-corrected chi connectivity index (χ0v) is 17.7. The van der Waals surface area contributed by atoms with E-state index in [0.717, 1.165) is 55.1 Å². The summed E-state index contributed by atoms with van der Waals surface area (Å²) in [5.41, 5.74) is 1.81. The summed E-state index contributed by atoms with van der Waals surface area (Å²) in [6.07, 6.45) is 1.79. The van der Waals surface area contributed by atoms with Gasteiger partial charge in [-0.25, -0.2) is 4.98 Å². The highest BCUT2D eigenvalue weighted by molar-refractivity contribution is 5.81. The molecule has 1 aromatic carbocycles. The first-order chi connectivity index (χ1) is 14.6. The van der Waals surface area contributed by atoms with Crippen LogP contribution in [0.5, 0.6) is 5.75 Å². The maximum atomic E-state index is 12.1. The van der Waals surface area contributed by atoms with Crippen molar-refractivity contribution < 1.29 is 4.74 Å². The van der Waals surface area contributed by atoms with E-state index in [1.807, 2.05) is 43.3 Å². The number of piperazine rings is 1. The second-order valence-corrected chi connectivity index (χ2v) is 7.69. The van der Waals surface area contributed by atoms with Gasteiger partial charge in [-0.05, 0) is 44.3 Å². The van der Waals surface area contributed by atoms with Gasteiger partial charge < -0.3 is 19.5 Å². The van der Waals surface area contributed by atoms with Crippen molar-refractivity contribution in [1.29, 1.82) is 0 Å². The minimum absolute atomic E-state index is 0.000209. The summed E-state index contributed by atoms with van der Waals surface area (Å²) in [4.78, 5) is 21.3. The Morgan fingerprint density at radius 2 is 1.83 bits per heavy atom. The predicted octanol–water partition coefficient (Wildman–Crippen LogP) is 2.79. The molecule has 0 aliphatic carbocycles. The number of ether oxygens (including phenoxy) is 1. The first kappa shape index (κ1) is 20.4. The maximum absolute atomic E-state index is 12.1. The maximum Gasteiger partial charge on any atom is 0.251 e. The highest BCUT2D eigenvalue weighted by Gasteiger charge is 2.13. The van der Waals surface area contributed by atoms with Crippen molar-refractivity contribution in [3.05, 3.63) is 59.0 Å². The zero-order valence-electron chi connectivity index (χ0n) is 17.7. The molecule has 0 bridgehead atoms. The van der Waals surface area contributed by atoms with Gasteiger partial charge in [0.1, 0.15) is 18.2 Å². The Morgan fingerprint density at radius 1 is 1.07 bits per heavy atom. The molecule has 3 aromatic rings. The third-order valence-corrected chi connectivity index (χ3v) is 5.59. The molecule has 1 saturated heterocycles. The molecule has 7 heteroatoms. The van der Waals surface area contributed by atoms with Crippen LogP contribution in [0.4, 0.5) is 11.5 Å². The predicted molar refractivity (Wildman–Crippen MR) is 121 cm³/mol. The Morgan fingerprint density at radius 3 is 2.57 bits per heavy atom. The van der Waals surface area contributed by atoms with Crippen LogP contribution in [-0.4, -0.2) is 65.7 Å². The van der Waals surface area contributed by atoms with Gasteiger partial charge in [-0.3, -0.25) is 9.69 Å². The lowest BCUT2D eigenvalue weighted by Crippen LogP contribution is -2.45. The summed E-state index contributed by atoms with van der Waals surface area (Å²) < 4.78 is 7.65. The Labute approximate surface area is 176 Å². The first-order valence-corrected chi connectivity index (χ1v) is 10.5. The van der Waals surface area contributed by atoms with Gasteiger partial charge in [-0.1, -0.05) is 0 Å². The number of aryl methyl sites for hydroxylation is 1. The van der Waals surface area contributed by atoms with E-state index >= 15 is 0 Å².